The summed E-state index contributed by atoms with van der Waals surface area (Å²) in [6.07, 6.45) is 3.83. The van der Waals surface area contributed by atoms with E-state index in [0.717, 1.165) is 0 Å². The zero-order valence-corrected chi connectivity index (χ0v) is 7.14. The summed E-state index contributed by atoms with van der Waals surface area (Å²) in [7, 11) is 0. The molecule has 2 rings (SSSR count). The highest BCUT2D eigenvalue weighted by Crippen LogP contribution is 2.21. The molecule has 0 N–H and O–H groups in total. The van der Waals surface area contributed by atoms with Gasteiger partial charge in [0.2, 0.25) is 5.88 Å². The van der Waals surface area contributed by atoms with Crippen LogP contribution in [0.3, 0.4) is 0 Å². The SMILES string of the molecule is Fc1ccccc1Oc1c[c]ncn1. The maximum absolute atomic E-state index is 13.1. The van der Waals surface area contributed by atoms with Crippen molar-refractivity contribution in [2.45, 2.75) is 0 Å². The number of nitrogens with zero attached hydrogens (tertiary/aromatic N) is 2. The lowest BCUT2D eigenvalue weighted by Gasteiger charge is -2.03. The fourth-order valence-corrected chi connectivity index (χ4v) is 0.945. The topological polar surface area (TPSA) is 35.0 Å². The van der Waals surface area contributed by atoms with Crippen molar-refractivity contribution in [3.05, 3.63) is 48.7 Å². The van der Waals surface area contributed by atoms with Gasteiger partial charge in [0.25, 0.3) is 0 Å². The van der Waals surface area contributed by atoms with Crippen LogP contribution in [-0.4, -0.2) is 9.97 Å². The Kier molecular flexibility index (Phi) is 2.36. The number of para-hydroxylation sites is 1. The first kappa shape index (κ1) is 8.62. The number of benzene rings is 1. The molecule has 1 aromatic carbocycles. The Bertz CT molecular complexity index is 419. The molecule has 0 aliphatic carbocycles. The summed E-state index contributed by atoms with van der Waals surface area (Å²) in [5, 5.41) is 0. The smallest absolute Gasteiger partial charge is 0.223 e. The van der Waals surface area contributed by atoms with E-state index < -0.39 is 5.82 Å². The number of hydrogen-bond donors (Lipinski definition) is 0. The second-order valence-electron chi connectivity index (χ2n) is 2.52. The van der Waals surface area contributed by atoms with Gasteiger partial charge in [0.05, 0.1) is 6.20 Å². The lowest BCUT2D eigenvalue weighted by Crippen LogP contribution is -1.90. The molecule has 0 amide bonds. The van der Waals surface area contributed by atoms with Crippen LogP contribution in [0.25, 0.3) is 0 Å². The third kappa shape index (κ3) is 1.85. The molecule has 3 nitrogen and oxygen atoms in total. The number of hydrogen-bond acceptors (Lipinski definition) is 3. The molecule has 0 saturated heterocycles. The summed E-state index contributed by atoms with van der Waals surface area (Å²) in [4.78, 5) is 7.38. The number of aromatic nitrogens is 2. The largest absolute Gasteiger partial charge is 0.436 e. The lowest BCUT2D eigenvalue weighted by atomic mass is 10.3. The van der Waals surface area contributed by atoms with Crippen molar-refractivity contribution in [3.63, 3.8) is 0 Å². The van der Waals surface area contributed by atoms with Crippen molar-refractivity contribution in [2.24, 2.45) is 0 Å². The maximum atomic E-state index is 13.1. The van der Waals surface area contributed by atoms with E-state index in [1.54, 1.807) is 12.1 Å². The normalized spacial score (nSPS) is 9.79. The molecular formula is C10H6FN2O. The van der Waals surface area contributed by atoms with Crippen LogP contribution < -0.4 is 4.74 Å². The minimum absolute atomic E-state index is 0.139. The summed E-state index contributed by atoms with van der Waals surface area (Å²) < 4.78 is 18.2. The van der Waals surface area contributed by atoms with Crippen LogP contribution in [0.5, 0.6) is 11.6 Å². The van der Waals surface area contributed by atoms with E-state index >= 15 is 0 Å². The van der Waals surface area contributed by atoms with Gasteiger partial charge < -0.3 is 4.74 Å². The van der Waals surface area contributed by atoms with Crippen molar-refractivity contribution < 1.29 is 9.13 Å². The van der Waals surface area contributed by atoms with Crippen molar-refractivity contribution in [1.29, 1.82) is 0 Å². The van der Waals surface area contributed by atoms with Gasteiger partial charge in [0.15, 0.2) is 11.6 Å². The van der Waals surface area contributed by atoms with Gasteiger partial charge in [-0.15, -0.1) is 0 Å². The summed E-state index contributed by atoms with van der Waals surface area (Å²) in [6, 6.07) is 7.56. The Hall–Kier alpha value is -1.97. The molecule has 0 aliphatic heterocycles. The van der Waals surface area contributed by atoms with Gasteiger partial charge in [-0.1, -0.05) is 12.1 Å². The predicted octanol–water partition coefficient (Wildman–Crippen LogP) is 2.21. The monoisotopic (exact) mass is 189 g/mol. The summed E-state index contributed by atoms with van der Waals surface area (Å²) >= 11 is 0. The van der Waals surface area contributed by atoms with Gasteiger partial charge in [-0.05, 0) is 12.1 Å². The van der Waals surface area contributed by atoms with Crippen LogP contribution >= 0.6 is 0 Å². The molecule has 69 valence electrons. The van der Waals surface area contributed by atoms with Gasteiger partial charge in [-0.3, -0.25) is 0 Å². The highest BCUT2D eigenvalue weighted by Gasteiger charge is 2.02. The van der Waals surface area contributed by atoms with Crippen molar-refractivity contribution in [3.8, 4) is 11.6 Å². The standard InChI is InChI=1S/C10H6FN2O/c11-8-3-1-2-4-9(8)14-10-5-6-12-7-13-10/h1-5,7H. The van der Waals surface area contributed by atoms with Crippen molar-refractivity contribution >= 4 is 0 Å². The fourth-order valence-electron chi connectivity index (χ4n) is 0.945. The molecule has 1 heterocycles. The first-order valence-electron chi connectivity index (χ1n) is 3.97. The van der Waals surface area contributed by atoms with E-state index in [1.807, 2.05) is 0 Å². The first-order valence-corrected chi connectivity index (χ1v) is 3.97. The minimum atomic E-state index is -0.425. The van der Waals surface area contributed by atoms with Gasteiger partial charge in [0.1, 0.15) is 6.33 Å². The van der Waals surface area contributed by atoms with E-state index in [1.165, 1.54) is 24.5 Å². The number of halogens is 1. The average Bonchev–Trinajstić information content (AvgIpc) is 2.23. The van der Waals surface area contributed by atoms with E-state index in [0.29, 0.717) is 0 Å². The van der Waals surface area contributed by atoms with Gasteiger partial charge in [-0.25, -0.2) is 14.4 Å². The minimum Gasteiger partial charge on any atom is -0.436 e. The molecule has 0 aliphatic rings. The highest BCUT2D eigenvalue weighted by atomic mass is 19.1. The Morgan fingerprint density at radius 2 is 2.14 bits per heavy atom. The van der Waals surface area contributed by atoms with Crippen molar-refractivity contribution in [2.75, 3.05) is 0 Å². The molecule has 14 heavy (non-hydrogen) atoms. The Morgan fingerprint density at radius 3 is 2.86 bits per heavy atom. The van der Waals surface area contributed by atoms with Crippen LogP contribution in [-0.2, 0) is 0 Å². The third-order valence-corrected chi connectivity index (χ3v) is 1.56. The van der Waals surface area contributed by atoms with Gasteiger partial charge in [0, 0.05) is 6.07 Å². The molecule has 4 heteroatoms. The lowest BCUT2D eigenvalue weighted by molar-refractivity contribution is 0.426. The zero-order chi connectivity index (χ0) is 9.80. The predicted molar refractivity (Wildman–Crippen MR) is 47.3 cm³/mol. The summed E-state index contributed by atoms with van der Waals surface area (Å²) in [6.45, 7) is 0. The molecule has 0 spiro atoms. The highest BCUT2D eigenvalue weighted by molar-refractivity contribution is 5.27. The van der Waals surface area contributed by atoms with E-state index in [9.17, 15) is 4.39 Å². The molecule has 1 aromatic heterocycles. The van der Waals surface area contributed by atoms with Gasteiger partial charge in [-0.2, -0.15) is 0 Å². The van der Waals surface area contributed by atoms with Crippen LogP contribution in [0.4, 0.5) is 4.39 Å². The zero-order valence-electron chi connectivity index (χ0n) is 7.14. The molecule has 0 unspecified atom stereocenters. The second-order valence-corrected chi connectivity index (χ2v) is 2.52. The number of ether oxygens (including phenoxy) is 1. The average molecular weight is 189 g/mol. The Morgan fingerprint density at radius 1 is 1.29 bits per heavy atom. The number of rotatable bonds is 2. The Labute approximate surface area is 80.2 Å². The molecular weight excluding hydrogens is 183 g/mol. The molecule has 0 atom stereocenters. The van der Waals surface area contributed by atoms with Crippen LogP contribution in [0.1, 0.15) is 0 Å². The molecule has 2 aromatic rings. The fraction of sp³-hybridized carbons (Fsp3) is 0. The molecule has 0 bridgehead atoms. The molecule has 0 saturated carbocycles. The van der Waals surface area contributed by atoms with Gasteiger partial charge >= 0.3 is 0 Å². The van der Waals surface area contributed by atoms with Crippen LogP contribution in [0.15, 0.2) is 36.7 Å². The van der Waals surface area contributed by atoms with E-state index in [4.69, 9.17) is 4.74 Å². The maximum Gasteiger partial charge on any atom is 0.223 e. The summed E-state index contributed by atoms with van der Waals surface area (Å²) in [5.41, 5.74) is 0. The van der Waals surface area contributed by atoms with Crippen LogP contribution in [0, 0.1) is 12.0 Å². The molecule has 1 radical (unpaired) electrons. The first-order chi connectivity index (χ1) is 6.86. The summed E-state index contributed by atoms with van der Waals surface area (Å²) in [5.74, 6) is -0.0178. The third-order valence-electron chi connectivity index (χ3n) is 1.56. The van der Waals surface area contributed by atoms with E-state index in [-0.39, 0.29) is 11.6 Å². The molecule has 0 fully saturated rings. The quantitative estimate of drug-likeness (QED) is 0.726. The second kappa shape index (κ2) is 3.83. The Balaban J connectivity index is 2.24. The van der Waals surface area contributed by atoms with E-state index in [2.05, 4.69) is 16.2 Å². The van der Waals surface area contributed by atoms with Crippen LogP contribution in [0.2, 0.25) is 0 Å². The van der Waals surface area contributed by atoms with Crippen molar-refractivity contribution in [1.82, 2.24) is 9.97 Å².